The number of carbonyl (C=O) groups is 1. The van der Waals surface area contributed by atoms with Crippen LogP contribution in [0.15, 0.2) is 0 Å². The minimum Gasteiger partial charge on any atom is -0.391 e. The minimum absolute atomic E-state index is 0.0289. The van der Waals surface area contributed by atoms with E-state index in [1.807, 2.05) is 27.7 Å². The first-order valence-corrected chi connectivity index (χ1v) is 12.2. The van der Waals surface area contributed by atoms with E-state index < -0.39 is 8.80 Å². The molecule has 0 saturated heterocycles. The molecule has 0 N–H and O–H groups in total. The van der Waals surface area contributed by atoms with Gasteiger partial charge in [-0.2, -0.15) is 0 Å². The van der Waals surface area contributed by atoms with Gasteiger partial charge in [0.15, 0.2) is 0 Å². The van der Waals surface area contributed by atoms with Crippen LogP contribution < -0.4 is 0 Å². The zero-order valence-corrected chi connectivity index (χ0v) is 17.9. The first-order chi connectivity index (χ1) is 11.6. The molecular formula is C17H36O5SSi. The number of hydrogen-bond donors (Lipinski definition) is 0. The molecule has 24 heavy (non-hydrogen) atoms. The molecule has 0 aliphatic carbocycles. The maximum atomic E-state index is 12.0. The van der Waals surface area contributed by atoms with Gasteiger partial charge in [0.05, 0.1) is 18.0 Å². The average Bonchev–Trinajstić information content (AvgIpc) is 2.56. The van der Waals surface area contributed by atoms with Crippen LogP contribution in [-0.2, 0) is 22.3 Å². The van der Waals surface area contributed by atoms with Crippen LogP contribution in [0, 0.1) is 5.92 Å². The summed E-state index contributed by atoms with van der Waals surface area (Å²) in [6.45, 7) is 11.8. The van der Waals surface area contributed by atoms with Crippen LogP contribution in [0.2, 0.25) is 6.04 Å². The lowest BCUT2D eigenvalue weighted by Crippen LogP contribution is -2.46. The highest BCUT2D eigenvalue weighted by molar-refractivity contribution is 7.95. The third-order valence-corrected chi connectivity index (χ3v) is 7.57. The highest BCUT2D eigenvalue weighted by atomic mass is 32.2. The van der Waals surface area contributed by atoms with E-state index in [1.54, 1.807) is 0 Å². The van der Waals surface area contributed by atoms with Crippen molar-refractivity contribution in [2.45, 2.75) is 72.8 Å². The van der Waals surface area contributed by atoms with Gasteiger partial charge in [0.25, 0.3) is 0 Å². The van der Waals surface area contributed by atoms with Gasteiger partial charge in [-0.15, -0.1) is 0 Å². The van der Waals surface area contributed by atoms with Gasteiger partial charge in [0.2, 0.25) is 0 Å². The largest absolute Gasteiger partial charge is 0.500 e. The molecule has 0 bridgehead atoms. The highest BCUT2D eigenvalue weighted by Gasteiger charge is 2.39. The molecule has 1 unspecified atom stereocenters. The van der Waals surface area contributed by atoms with Crippen LogP contribution in [0.5, 0.6) is 0 Å². The summed E-state index contributed by atoms with van der Waals surface area (Å²) in [5.74, 6) is 0.679. The van der Waals surface area contributed by atoms with Crippen LogP contribution >= 0.6 is 12.0 Å². The first kappa shape index (κ1) is 23.9. The van der Waals surface area contributed by atoms with E-state index in [0.717, 1.165) is 43.9 Å². The quantitative estimate of drug-likeness (QED) is 0.217. The second-order valence-electron chi connectivity index (χ2n) is 5.56. The third-order valence-electron chi connectivity index (χ3n) is 3.68. The maximum Gasteiger partial charge on any atom is 0.500 e. The van der Waals surface area contributed by atoms with Crippen LogP contribution in [0.3, 0.4) is 0 Å². The normalized spacial score (nSPS) is 13.0. The molecule has 0 aliphatic rings. The minimum atomic E-state index is -2.57. The van der Waals surface area contributed by atoms with Crippen LogP contribution in [0.4, 0.5) is 0 Å². The lowest BCUT2D eigenvalue weighted by Gasteiger charge is -2.28. The molecule has 0 spiro atoms. The molecule has 0 radical (unpaired) electrons. The molecule has 1 atom stereocenters. The maximum absolute atomic E-state index is 12.0. The van der Waals surface area contributed by atoms with Gasteiger partial charge in [-0.25, -0.2) is 0 Å². The van der Waals surface area contributed by atoms with Gasteiger partial charge in [0, 0.05) is 31.6 Å². The van der Waals surface area contributed by atoms with E-state index in [0.29, 0.717) is 19.8 Å². The summed E-state index contributed by atoms with van der Waals surface area (Å²) < 4.78 is 22.8. The summed E-state index contributed by atoms with van der Waals surface area (Å²) in [7, 11) is -2.57. The average molecular weight is 381 g/mol. The monoisotopic (exact) mass is 380 g/mol. The molecule has 5 nitrogen and oxygen atoms in total. The van der Waals surface area contributed by atoms with Crippen molar-refractivity contribution < 1.29 is 22.3 Å². The van der Waals surface area contributed by atoms with Gasteiger partial charge >= 0.3 is 14.8 Å². The van der Waals surface area contributed by atoms with Crippen molar-refractivity contribution in [2.75, 3.05) is 25.6 Å². The lowest BCUT2D eigenvalue weighted by atomic mass is 10.00. The number of carbonyl (C=O) groups excluding carboxylic acids is 1. The first-order valence-electron chi connectivity index (χ1n) is 9.34. The standard InChI is InChI=1S/C17H36O5SSi/c1-6-11-13-16(7-2)17(18)22-23-14-12-15-24(19-8-3,20-9-4)21-10-5/h16H,6-15H2,1-5H3. The van der Waals surface area contributed by atoms with E-state index in [1.165, 1.54) is 12.0 Å². The van der Waals surface area contributed by atoms with Gasteiger partial charge in [-0.05, 0) is 40.0 Å². The molecule has 0 heterocycles. The third kappa shape index (κ3) is 10.0. The van der Waals surface area contributed by atoms with Gasteiger partial charge in [-0.1, -0.05) is 26.7 Å². The Labute approximate surface area is 153 Å². The topological polar surface area (TPSA) is 54.0 Å². The van der Waals surface area contributed by atoms with Crippen molar-refractivity contribution in [3.8, 4) is 0 Å². The molecule has 144 valence electrons. The van der Waals surface area contributed by atoms with E-state index >= 15 is 0 Å². The van der Waals surface area contributed by atoms with Crippen molar-refractivity contribution in [3.05, 3.63) is 0 Å². The predicted octanol–water partition coefficient (Wildman–Crippen LogP) is 4.83. The predicted molar refractivity (Wildman–Crippen MR) is 102 cm³/mol. The van der Waals surface area contributed by atoms with Crippen molar-refractivity contribution in [3.63, 3.8) is 0 Å². The molecule has 0 aliphatic heterocycles. The smallest absolute Gasteiger partial charge is 0.391 e. The van der Waals surface area contributed by atoms with Crippen molar-refractivity contribution >= 4 is 26.8 Å². The second kappa shape index (κ2) is 15.2. The van der Waals surface area contributed by atoms with E-state index in [-0.39, 0.29) is 11.9 Å². The van der Waals surface area contributed by atoms with Gasteiger partial charge < -0.3 is 17.5 Å². The SMILES string of the molecule is CCCCC(CC)C(=O)OSCCC[Si](OCC)(OCC)OCC. The van der Waals surface area contributed by atoms with Crippen molar-refractivity contribution in [2.24, 2.45) is 5.92 Å². The van der Waals surface area contributed by atoms with Gasteiger partial charge in [-0.3, -0.25) is 4.79 Å². The molecular weight excluding hydrogens is 344 g/mol. The molecule has 7 heteroatoms. The van der Waals surface area contributed by atoms with E-state index in [2.05, 4.69) is 6.92 Å². The van der Waals surface area contributed by atoms with Crippen LogP contribution in [0.25, 0.3) is 0 Å². The van der Waals surface area contributed by atoms with E-state index in [4.69, 9.17) is 17.5 Å². The zero-order valence-electron chi connectivity index (χ0n) is 16.1. The van der Waals surface area contributed by atoms with Crippen LogP contribution in [0.1, 0.15) is 66.7 Å². The summed E-state index contributed by atoms with van der Waals surface area (Å²) in [4.78, 5) is 12.0. The second-order valence-corrected chi connectivity index (χ2v) is 9.10. The number of hydrogen-bond acceptors (Lipinski definition) is 6. The fourth-order valence-electron chi connectivity index (χ4n) is 2.46. The van der Waals surface area contributed by atoms with Gasteiger partial charge in [0.1, 0.15) is 0 Å². The molecule has 0 saturated carbocycles. The summed E-state index contributed by atoms with van der Waals surface area (Å²) >= 11 is 1.24. The summed E-state index contributed by atoms with van der Waals surface area (Å²) in [6.07, 6.45) is 4.78. The zero-order chi connectivity index (χ0) is 18.3. The number of unbranched alkanes of at least 4 members (excludes halogenated alkanes) is 1. The van der Waals surface area contributed by atoms with Crippen LogP contribution in [-0.4, -0.2) is 40.3 Å². The fourth-order valence-corrected chi connectivity index (χ4v) is 5.92. The Morgan fingerprint density at radius 2 is 1.54 bits per heavy atom. The molecule has 0 aromatic rings. The molecule has 0 amide bonds. The Bertz CT molecular complexity index is 300. The molecule has 0 aromatic heterocycles. The molecule has 0 rings (SSSR count). The Morgan fingerprint density at radius 3 is 2.00 bits per heavy atom. The Kier molecular flexibility index (Phi) is 15.1. The molecule has 0 aromatic carbocycles. The van der Waals surface area contributed by atoms with E-state index in [9.17, 15) is 4.79 Å². The van der Waals surface area contributed by atoms with Crippen molar-refractivity contribution in [1.82, 2.24) is 0 Å². The lowest BCUT2D eigenvalue weighted by molar-refractivity contribution is -0.137. The Hall–Kier alpha value is -0.0831. The highest BCUT2D eigenvalue weighted by Crippen LogP contribution is 2.22. The summed E-state index contributed by atoms with van der Waals surface area (Å²) in [5.41, 5.74) is 0. The Balaban J connectivity index is 4.17. The Morgan fingerprint density at radius 1 is 0.958 bits per heavy atom. The summed E-state index contributed by atoms with van der Waals surface area (Å²) in [5, 5.41) is 0. The van der Waals surface area contributed by atoms with Crippen molar-refractivity contribution in [1.29, 1.82) is 0 Å². The summed E-state index contributed by atoms with van der Waals surface area (Å²) in [6, 6.07) is 0.750. The molecule has 0 fully saturated rings. The number of rotatable bonds is 16. The fraction of sp³-hybridized carbons (Fsp3) is 0.941.